The molecule has 1 rings (SSSR count). The van der Waals surface area contributed by atoms with Crippen LogP contribution in [-0.4, -0.2) is 45.9 Å². The second-order valence-electron chi connectivity index (χ2n) is 5.02. The third-order valence-corrected chi connectivity index (χ3v) is 4.45. The van der Waals surface area contributed by atoms with Gasteiger partial charge in [-0.2, -0.15) is 0 Å². The van der Waals surface area contributed by atoms with Gasteiger partial charge in [-0.1, -0.05) is 45.7 Å². The van der Waals surface area contributed by atoms with Crippen LogP contribution >= 0.6 is 31.9 Å². The number of nitrogens with zero attached hydrogens (tertiary/aromatic N) is 1. The Morgan fingerprint density at radius 3 is 1.90 bits per heavy atom. The Bertz CT molecular complexity index is 435. The maximum absolute atomic E-state index is 12.1. The minimum Gasteiger partial charge on any atom is -0.352 e. The summed E-state index contributed by atoms with van der Waals surface area (Å²) < 4.78 is 0. The summed E-state index contributed by atoms with van der Waals surface area (Å²) in [5.41, 5.74) is 0.827. The molecule has 3 amide bonds. The van der Waals surface area contributed by atoms with Crippen molar-refractivity contribution in [3.63, 3.8) is 0 Å². The largest absolute Gasteiger partial charge is 0.352 e. The van der Waals surface area contributed by atoms with E-state index in [4.69, 9.17) is 0 Å². The van der Waals surface area contributed by atoms with Crippen LogP contribution < -0.4 is 5.32 Å². The van der Waals surface area contributed by atoms with E-state index < -0.39 is 11.8 Å². The molecule has 1 aliphatic rings. The topological polar surface area (TPSA) is 66.5 Å². The quantitative estimate of drug-likeness (QED) is 0.535. The summed E-state index contributed by atoms with van der Waals surface area (Å²) in [5, 5.41) is 3.40. The lowest BCUT2D eigenvalue weighted by Gasteiger charge is -2.20. The average Bonchev–Trinajstić information content (AvgIpc) is 2.61. The summed E-state index contributed by atoms with van der Waals surface area (Å²) in [7, 11) is 0. The van der Waals surface area contributed by atoms with Gasteiger partial charge in [0.2, 0.25) is 5.91 Å². The van der Waals surface area contributed by atoms with E-state index in [0.29, 0.717) is 27.7 Å². The number of halogens is 2. The Hall–Kier alpha value is -0.690. The number of rotatable bonds is 6. The maximum atomic E-state index is 12.1. The van der Waals surface area contributed by atoms with Crippen molar-refractivity contribution in [2.75, 3.05) is 17.2 Å². The molecule has 0 radical (unpaired) electrons. The lowest BCUT2D eigenvalue weighted by atomic mass is 10.1. The highest BCUT2D eigenvalue weighted by atomic mass is 79.9. The van der Waals surface area contributed by atoms with E-state index in [0.717, 1.165) is 4.90 Å². The lowest BCUT2D eigenvalue weighted by Crippen LogP contribution is -2.45. The van der Waals surface area contributed by atoms with E-state index in [1.165, 1.54) is 0 Å². The lowest BCUT2D eigenvalue weighted by molar-refractivity contribution is -0.141. The van der Waals surface area contributed by atoms with Crippen molar-refractivity contribution >= 4 is 49.6 Å². The summed E-state index contributed by atoms with van der Waals surface area (Å²) in [6.45, 7) is 5.64. The summed E-state index contributed by atoms with van der Waals surface area (Å²) in [5.74, 6) is -0.821. The van der Waals surface area contributed by atoms with Gasteiger partial charge >= 0.3 is 0 Å². The second kappa shape index (κ2) is 7.36. The number of alkyl halides is 2. The molecule has 0 fully saturated rings. The molecule has 1 N–H and O–H groups in total. The fraction of sp³-hybridized carbons (Fsp3) is 0.615. The van der Waals surface area contributed by atoms with Crippen LogP contribution in [0.15, 0.2) is 11.1 Å². The molecule has 0 aromatic heterocycles. The fourth-order valence-corrected chi connectivity index (χ4v) is 2.86. The molecule has 5 nitrogen and oxygen atoms in total. The van der Waals surface area contributed by atoms with Gasteiger partial charge in [-0.15, -0.1) is 0 Å². The highest BCUT2D eigenvalue weighted by Crippen LogP contribution is 2.23. The van der Waals surface area contributed by atoms with Crippen molar-refractivity contribution in [1.82, 2.24) is 10.2 Å². The molecule has 1 heterocycles. The van der Waals surface area contributed by atoms with Crippen molar-refractivity contribution in [2.24, 2.45) is 5.92 Å². The molecule has 7 heteroatoms. The molecule has 0 aliphatic carbocycles. The van der Waals surface area contributed by atoms with E-state index in [1.54, 1.807) is 0 Å². The number of nitrogens with one attached hydrogen (secondary N) is 1. The van der Waals surface area contributed by atoms with Gasteiger partial charge in [-0.05, 0) is 12.8 Å². The molecule has 20 heavy (non-hydrogen) atoms. The van der Waals surface area contributed by atoms with Crippen LogP contribution in [0.4, 0.5) is 0 Å². The number of carbonyl (C=O) groups excluding carboxylic acids is 3. The molecule has 0 aromatic rings. The average molecular weight is 410 g/mol. The summed E-state index contributed by atoms with van der Waals surface area (Å²) in [6.07, 6.45) is 0. The summed E-state index contributed by atoms with van der Waals surface area (Å²) in [6, 6.07) is -0.00504. The first-order valence-corrected chi connectivity index (χ1v) is 8.57. The van der Waals surface area contributed by atoms with E-state index in [2.05, 4.69) is 37.2 Å². The van der Waals surface area contributed by atoms with Crippen LogP contribution in [0.3, 0.4) is 0 Å². The Morgan fingerprint density at radius 1 is 1.10 bits per heavy atom. The van der Waals surface area contributed by atoms with Gasteiger partial charge in [-0.3, -0.25) is 19.3 Å². The van der Waals surface area contributed by atoms with Crippen molar-refractivity contribution < 1.29 is 14.4 Å². The molecule has 0 saturated heterocycles. The zero-order valence-electron chi connectivity index (χ0n) is 11.7. The van der Waals surface area contributed by atoms with Crippen LogP contribution in [-0.2, 0) is 14.4 Å². The predicted octanol–water partition coefficient (Wildman–Crippen LogP) is 1.60. The summed E-state index contributed by atoms with van der Waals surface area (Å²) >= 11 is 6.40. The van der Waals surface area contributed by atoms with Gasteiger partial charge in [0.15, 0.2) is 0 Å². The molecule has 1 aliphatic heterocycles. The van der Waals surface area contributed by atoms with Crippen molar-refractivity contribution in [3.8, 4) is 0 Å². The first kappa shape index (κ1) is 17.4. The molecule has 0 aromatic carbocycles. The second-order valence-corrected chi connectivity index (χ2v) is 6.14. The van der Waals surface area contributed by atoms with E-state index in [1.807, 2.05) is 20.8 Å². The van der Waals surface area contributed by atoms with Gasteiger partial charge < -0.3 is 5.32 Å². The van der Waals surface area contributed by atoms with Crippen LogP contribution in [0.2, 0.25) is 0 Å². The number of hydrogen-bond donors (Lipinski definition) is 1. The van der Waals surface area contributed by atoms with Crippen molar-refractivity contribution in [1.29, 1.82) is 0 Å². The third-order valence-electron chi connectivity index (χ3n) is 3.33. The predicted molar refractivity (Wildman–Crippen MR) is 83.8 cm³/mol. The zero-order valence-corrected chi connectivity index (χ0v) is 14.9. The fourth-order valence-electron chi connectivity index (χ4n) is 1.71. The maximum Gasteiger partial charge on any atom is 0.258 e. The van der Waals surface area contributed by atoms with Crippen LogP contribution in [0, 0.1) is 5.92 Å². The highest BCUT2D eigenvalue weighted by Gasteiger charge is 2.37. The van der Waals surface area contributed by atoms with Crippen molar-refractivity contribution in [2.45, 2.75) is 26.8 Å². The summed E-state index contributed by atoms with van der Waals surface area (Å²) in [4.78, 5) is 37.1. The molecular weight excluding hydrogens is 392 g/mol. The van der Waals surface area contributed by atoms with Crippen LogP contribution in [0.5, 0.6) is 0 Å². The molecule has 0 bridgehead atoms. The smallest absolute Gasteiger partial charge is 0.258 e. The number of hydrogen-bond acceptors (Lipinski definition) is 3. The molecule has 0 spiro atoms. The van der Waals surface area contributed by atoms with E-state index in [9.17, 15) is 14.4 Å². The van der Waals surface area contributed by atoms with E-state index >= 15 is 0 Å². The van der Waals surface area contributed by atoms with Crippen molar-refractivity contribution in [3.05, 3.63) is 11.1 Å². The minimum absolute atomic E-state index is 0.00504. The number of carbonyl (C=O) groups is 3. The SMILES string of the molecule is CC(C)[C@H](C)NC(=O)CN1C(=O)C(CBr)=C(CBr)C1=O. The van der Waals surface area contributed by atoms with Crippen LogP contribution in [0.25, 0.3) is 0 Å². The number of imide groups is 1. The molecule has 1 atom stereocenters. The third kappa shape index (κ3) is 3.69. The normalized spacial score (nSPS) is 17.2. The molecule has 0 saturated carbocycles. The van der Waals surface area contributed by atoms with Gasteiger partial charge in [0, 0.05) is 27.8 Å². The monoisotopic (exact) mass is 408 g/mol. The van der Waals surface area contributed by atoms with Gasteiger partial charge in [-0.25, -0.2) is 0 Å². The van der Waals surface area contributed by atoms with Crippen LogP contribution in [0.1, 0.15) is 20.8 Å². The number of amides is 3. The molecular formula is C13H18Br2N2O3. The molecule has 112 valence electrons. The van der Waals surface area contributed by atoms with Gasteiger partial charge in [0.1, 0.15) is 6.54 Å². The zero-order chi connectivity index (χ0) is 15.4. The Labute approximate surface area is 135 Å². The Balaban J connectivity index is 2.74. The standard InChI is InChI=1S/C13H18Br2N2O3/c1-7(2)8(3)16-11(18)6-17-12(19)9(4-14)10(5-15)13(17)20/h7-8H,4-6H2,1-3H3,(H,16,18)/t8-/m0/s1. The van der Waals surface area contributed by atoms with E-state index in [-0.39, 0.29) is 18.5 Å². The minimum atomic E-state index is -0.395. The molecule has 0 unspecified atom stereocenters. The first-order chi connectivity index (χ1) is 9.33. The first-order valence-electron chi connectivity index (χ1n) is 6.33. The highest BCUT2D eigenvalue weighted by molar-refractivity contribution is 9.09. The van der Waals surface area contributed by atoms with Gasteiger partial charge in [0.05, 0.1) is 0 Å². The van der Waals surface area contributed by atoms with Gasteiger partial charge in [0.25, 0.3) is 11.8 Å². The Morgan fingerprint density at radius 2 is 1.55 bits per heavy atom. The Kier molecular flexibility index (Phi) is 6.39.